The molecule has 0 aliphatic rings. The van der Waals surface area contributed by atoms with Gasteiger partial charge in [-0.15, -0.1) is 0 Å². The van der Waals surface area contributed by atoms with E-state index < -0.39 is 0 Å². The number of aromatic nitrogens is 2. The van der Waals surface area contributed by atoms with E-state index in [9.17, 15) is 0 Å². The number of pyridine rings is 2. The Morgan fingerprint density at radius 3 is 2.30 bits per heavy atom. The summed E-state index contributed by atoms with van der Waals surface area (Å²) >= 11 is 0. The second kappa shape index (κ2) is 8.53. The standard InChI is InChI=1S/C15H17N5/c1-3-9-17-14(6-1)12-16-8-5-11-19-20-13-15-7-2-4-10-18-15/h1-4,6-7,9-10,12-13,19H,5,8,11H2/b16-12?,20-13+. The molecular formula is C15H17N5. The Morgan fingerprint density at radius 1 is 0.950 bits per heavy atom. The number of rotatable bonds is 7. The first-order valence-corrected chi connectivity index (χ1v) is 6.53. The van der Waals surface area contributed by atoms with Crippen molar-refractivity contribution >= 4 is 12.4 Å². The van der Waals surface area contributed by atoms with Crippen LogP contribution in [0, 0.1) is 0 Å². The molecule has 2 aromatic rings. The van der Waals surface area contributed by atoms with Gasteiger partial charge in [0.25, 0.3) is 0 Å². The minimum atomic E-state index is 0.753. The molecular weight excluding hydrogens is 250 g/mol. The van der Waals surface area contributed by atoms with Crippen molar-refractivity contribution in [3.05, 3.63) is 60.2 Å². The van der Waals surface area contributed by atoms with Crippen molar-refractivity contribution in [1.29, 1.82) is 0 Å². The Balaban J connectivity index is 1.58. The molecule has 1 N–H and O–H groups in total. The first-order chi connectivity index (χ1) is 9.95. The summed E-state index contributed by atoms with van der Waals surface area (Å²) in [5.41, 5.74) is 4.70. The van der Waals surface area contributed by atoms with Crippen LogP contribution in [-0.4, -0.2) is 35.5 Å². The molecule has 0 amide bonds. The van der Waals surface area contributed by atoms with Gasteiger partial charge < -0.3 is 5.43 Å². The van der Waals surface area contributed by atoms with E-state index in [4.69, 9.17) is 0 Å². The first-order valence-electron chi connectivity index (χ1n) is 6.53. The predicted molar refractivity (Wildman–Crippen MR) is 81.1 cm³/mol. The summed E-state index contributed by atoms with van der Waals surface area (Å²) in [5, 5.41) is 4.10. The van der Waals surface area contributed by atoms with Gasteiger partial charge in [-0.05, 0) is 30.7 Å². The van der Waals surface area contributed by atoms with Crippen molar-refractivity contribution in [2.24, 2.45) is 10.1 Å². The van der Waals surface area contributed by atoms with Gasteiger partial charge in [-0.2, -0.15) is 5.10 Å². The molecule has 0 atom stereocenters. The van der Waals surface area contributed by atoms with E-state index in [0.717, 1.165) is 30.9 Å². The van der Waals surface area contributed by atoms with Crippen LogP contribution in [0.25, 0.3) is 0 Å². The molecule has 0 saturated heterocycles. The van der Waals surface area contributed by atoms with Crippen molar-refractivity contribution in [3.8, 4) is 0 Å². The third-order valence-corrected chi connectivity index (χ3v) is 2.46. The lowest BCUT2D eigenvalue weighted by Gasteiger charge is -1.97. The number of nitrogens with zero attached hydrogens (tertiary/aromatic N) is 4. The zero-order valence-corrected chi connectivity index (χ0v) is 11.2. The van der Waals surface area contributed by atoms with Crippen LogP contribution in [-0.2, 0) is 0 Å². The van der Waals surface area contributed by atoms with Crippen LogP contribution in [0.5, 0.6) is 0 Å². The quantitative estimate of drug-likeness (QED) is 0.473. The normalized spacial score (nSPS) is 11.2. The summed E-state index contributed by atoms with van der Waals surface area (Å²) < 4.78 is 0. The van der Waals surface area contributed by atoms with Crippen molar-refractivity contribution in [2.45, 2.75) is 6.42 Å². The number of aliphatic imine (C=N–C) groups is 1. The van der Waals surface area contributed by atoms with Crippen molar-refractivity contribution in [1.82, 2.24) is 15.4 Å². The maximum atomic E-state index is 4.31. The third-order valence-electron chi connectivity index (χ3n) is 2.46. The largest absolute Gasteiger partial charge is 0.310 e. The summed E-state index contributed by atoms with van der Waals surface area (Å²) in [6.07, 6.45) is 7.92. The summed E-state index contributed by atoms with van der Waals surface area (Å²) in [6.45, 7) is 1.53. The molecule has 0 aromatic carbocycles. The Bertz CT molecular complexity index is 485. The minimum Gasteiger partial charge on any atom is -0.310 e. The van der Waals surface area contributed by atoms with Crippen LogP contribution in [0.2, 0.25) is 0 Å². The highest BCUT2D eigenvalue weighted by molar-refractivity contribution is 5.76. The van der Waals surface area contributed by atoms with Crippen LogP contribution < -0.4 is 5.43 Å². The Hall–Kier alpha value is -2.56. The SMILES string of the molecule is C(=NCCCN/N=C/c1ccccn1)c1ccccn1. The Kier molecular flexibility index (Phi) is 5.91. The van der Waals surface area contributed by atoms with Gasteiger partial charge >= 0.3 is 0 Å². The molecule has 2 heterocycles. The molecule has 0 radical (unpaired) electrons. The molecule has 0 bridgehead atoms. The van der Waals surface area contributed by atoms with E-state index in [-0.39, 0.29) is 0 Å². The molecule has 5 nitrogen and oxygen atoms in total. The second-order valence-corrected chi connectivity index (χ2v) is 4.06. The van der Waals surface area contributed by atoms with E-state index in [2.05, 4.69) is 25.5 Å². The lowest BCUT2D eigenvalue weighted by Crippen LogP contribution is -2.09. The van der Waals surface area contributed by atoms with Crippen molar-refractivity contribution in [3.63, 3.8) is 0 Å². The van der Waals surface area contributed by atoms with E-state index in [1.54, 1.807) is 24.8 Å². The zero-order chi connectivity index (χ0) is 13.9. The average molecular weight is 267 g/mol. The number of hydrogen-bond donors (Lipinski definition) is 1. The highest BCUT2D eigenvalue weighted by Gasteiger charge is 1.87. The van der Waals surface area contributed by atoms with Crippen LogP contribution >= 0.6 is 0 Å². The van der Waals surface area contributed by atoms with Gasteiger partial charge in [-0.25, -0.2) is 0 Å². The van der Waals surface area contributed by atoms with E-state index >= 15 is 0 Å². The molecule has 0 aliphatic heterocycles. The van der Waals surface area contributed by atoms with Crippen molar-refractivity contribution < 1.29 is 0 Å². The number of hydrazone groups is 1. The Morgan fingerprint density at radius 2 is 1.65 bits per heavy atom. The highest BCUT2D eigenvalue weighted by atomic mass is 15.3. The highest BCUT2D eigenvalue weighted by Crippen LogP contribution is 1.89. The van der Waals surface area contributed by atoms with E-state index in [1.807, 2.05) is 36.4 Å². The molecule has 5 heteroatoms. The molecule has 0 spiro atoms. The maximum Gasteiger partial charge on any atom is 0.0830 e. The molecule has 20 heavy (non-hydrogen) atoms. The molecule has 102 valence electrons. The van der Waals surface area contributed by atoms with Crippen molar-refractivity contribution in [2.75, 3.05) is 13.1 Å². The summed E-state index contributed by atoms with van der Waals surface area (Å²) in [7, 11) is 0. The first kappa shape index (κ1) is 13.9. The summed E-state index contributed by atoms with van der Waals surface area (Å²) in [5.74, 6) is 0. The van der Waals surface area contributed by atoms with Gasteiger partial charge in [0.2, 0.25) is 0 Å². The van der Waals surface area contributed by atoms with Gasteiger partial charge in [-0.1, -0.05) is 12.1 Å². The topological polar surface area (TPSA) is 62.5 Å². The van der Waals surface area contributed by atoms with Crippen LogP contribution in [0.3, 0.4) is 0 Å². The molecule has 0 saturated carbocycles. The lowest BCUT2D eigenvalue weighted by atomic mass is 10.4. The van der Waals surface area contributed by atoms with Crippen LogP contribution in [0.15, 0.2) is 58.9 Å². The number of nitrogens with one attached hydrogen (secondary N) is 1. The van der Waals surface area contributed by atoms with Crippen LogP contribution in [0.1, 0.15) is 17.8 Å². The van der Waals surface area contributed by atoms with Crippen LogP contribution in [0.4, 0.5) is 0 Å². The zero-order valence-electron chi connectivity index (χ0n) is 11.2. The molecule has 0 unspecified atom stereocenters. The predicted octanol–water partition coefficient (Wildman–Crippen LogP) is 1.91. The monoisotopic (exact) mass is 267 g/mol. The lowest BCUT2D eigenvalue weighted by molar-refractivity contribution is 0.693. The van der Waals surface area contributed by atoms with Gasteiger partial charge in [0.15, 0.2) is 0 Å². The minimum absolute atomic E-state index is 0.753. The van der Waals surface area contributed by atoms with Gasteiger partial charge in [0.05, 0.1) is 17.6 Å². The van der Waals surface area contributed by atoms with E-state index in [1.165, 1.54) is 0 Å². The smallest absolute Gasteiger partial charge is 0.0830 e. The fraction of sp³-hybridized carbons (Fsp3) is 0.200. The molecule has 0 aliphatic carbocycles. The van der Waals surface area contributed by atoms with Gasteiger partial charge in [0, 0.05) is 31.7 Å². The molecule has 2 aromatic heterocycles. The average Bonchev–Trinajstić information content (AvgIpc) is 2.52. The fourth-order valence-corrected chi connectivity index (χ4v) is 1.49. The second-order valence-electron chi connectivity index (χ2n) is 4.06. The summed E-state index contributed by atoms with van der Waals surface area (Å²) in [4.78, 5) is 12.6. The van der Waals surface area contributed by atoms with Gasteiger partial charge in [-0.3, -0.25) is 15.0 Å². The fourth-order valence-electron chi connectivity index (χ4n) is 1.49. The maximum absolute atomic E-state index is 4.31. The Labute approximate surface area is 118 Å². The third kappa shape index (κ3) is 5.39. The molecule has 2 rings (SSSR count). The van der Waals surface area contributed by atoms with Gasteiger partial charge in [0.1, 0.15) is 0 Å². The van der Waals surface area contributed by atoms with E-state index in [0.29, 0.717) is 0 Å². The molecule has 0 fully saturated rings. The summed E-state index contributed by atoms with van der Waals surface area (Å²) in [6, 6.07) is 11.5. The number of hydrogen-bond acceptors (Lipinski definition) is 5.